The molecule has 2 rings (SSSR count). The lowest BCUT2D eigenvalue weighted by molar-refractivity contribution is 0.00709. The maximum absolute atomic E-state index is 12.1. The Hall–Kier alpha value is -1.42. The molecule has 0 spiro atoms. The fraction of sp³-hybridized carbons (Fsp3) is 0.571. The van der Waals surface area contributed by atoms with Gasteiger partial charge in [-0.15, -0.1) is 0 Å². The van der Waals surface area contributed by atoms with Gasteiger partial charge in [0.2, 0.25) is 0 Å². The molecule has 1 aromatic rings. The smallest absolute Gasteiger partial charge is 0.255 e. The Morgan fingerprint density at radius 3 is 3.11 bits per heavy atom. The first-order valence-electron chi connectivity index (χ1n) is 6.54. The van der Waals surface area contributed by atoms with Crippen LogP contribution in [0.2, 0.25) is 0 Å². The van der Waals surface area contributed by atoms with Crippen molar-refractivity contribution in [1.82, 2.24) is 9.88 Å². The van der Waals surface area contributed by atoms with Crippen LogP contribution in [0.1, 0.15) is 36.0 Å². The fourth-order valence-corrected chi connectivity index (χ4v) is 2.18. The molecule has 0 bridgehead atoms. The number of ether oxygens (including phenoxy) is 1. The van der Waals surface area contributed by atoms with Crippen molar-refractivity contribution in [2.75, 3.05) is 20.2 Å². The van der Waals surface area contributed by atoms with E-state index < -0.39 is 0 Å². The van der Waals surface area contributed by atoms with Gasteiger partial charge in [-0.1, -0.05) is 0 Å². The second-order valence-corrected chi connectivity index (χ2v) is 4.75. The highest BCUT2D eigenvalue weighted by Gasteiger charge is 2.17. The molecular weight excluding hydrogens is 228 g/mol. The van der Waals surface area contributed by atoms with Gasteiger partial charge in [-0.25, -0.2) is 0 Å². The van der Waals surface area contributed by atoms with E-state index in [1.165, 1.54) is 12.8 Å². The Bertz CT molecular complexity index is 375. The quantitative estimate of drug-likeness (QED) is 0.819. The van der Waals surface area contributed by atoms with E-state index in [0.717, 1.165) is 26.0 Å². The largest absolute Gasteiger partial charge is 0.378 e. The summed E-state index contributed by atoms with van der Waals surface area (Å²) < 4.78 is 5.66. The summed E-state index contributed by atoms with van der Waals surface area (Å²) in [5.41, 5.74) is 0.643. The number of rotatable bonds is 4. The van der Waals surface area contributed by atoms with Crippen LogP contribution in [0.5, 0.6) is 0 Å². The average molecular weight is 248 g/mol. The molecule has 1 amide bonds. The molecule has 2 heterocycles. The van der Waals surface area contributed by atoms with Crippen molar-refractivity contribution < 1.29 is 9.53 Å². The molecule has 4 nitrogen and oxygen atoms in total. The van der Waals surface area contributed by atoms with Gasteiger partial charge < -0.3 is 9.64 Å². The highest BCUT2D eigenvalue weighted by molar-refractivity contribution is 5.93. The minimum absolute atomic E-state index is 0.0268. The maximum atomic E-state index is 12.1. The lowest BCUT2D eigenvalue weighted by Crippen LogP contribution is -2.31. The van der Waals surface area contributed by atoms with Gasteiger partial charge in [0.15, 0.2) is 0 Å². The summed E-state index contributed by atoms with van der Waals surface area (Å²) in [7, 11) is 1.83. The molecule has 4 heteroatoms. The number of aromatic nitrogens is 1. The molecule has 0 aromatic carbocycles. The zero-order valence-electron chi connectivity index (χ0n) is 10.8. The highest BCUT2D eigenvalue weighted by atomic mass is 16.5. The molecule has 0 N–H and O–H groups in total. The van der Waals surface area contributed by atoms with E-state index in [-0.39, 0.29) is 5.91 Å². The number of carbonyl (C=O) groups excluding carboxylic acids is 1. The Kier molecular flexibility index (Phi) is 4.70. The van der Waals surface area contributed by atoms with Crippen LogP contribution in [0.15, 0.2) is 24.5 Å². The van der Waals surface area contributed by atoms with Crippen molar-refractivity contribution in [2.45, 2.75) is 31.8 Å². The summed E-state index contributed by atoms with van der Waals surface area (Å²) in [5, 5.41) is 0. The van der Waals surface area contributed by atoms with Crippen molar-refractivity contribution in [3.05, 3.63) is 30.1 Å². The van der Waals surface area contributed by atoms with Gasteiger partial charge >= 0.3 is 0 Å². The molecule has 0 saturated carbocycles. The second kappa shape index (κ2) is 6.50. The number of amides is 1. The molecular formula is C14H20N2O2. The lowest BCUT2D eigenvalue weighted by atomic mass is 10.1. The third kappa shape index (κ3) is 3.53. The first kappa shape index (κ1) is 13.0. The molecule has 1 aliphatic rings. The van der Waals surface area contributed by atoms with Crippen LogP contribution >= 0.6 is 0 Å². The topological polar surface area (TPSA) is 42.4 Å². The summed E-state index contributed by atoms with van der Waals surface area (Å²) in [6.07, 6.45) is 8.05. The SMILES string of the molecule is CN(CC[C@H]1CCCCO1)C(=O)c1cccnc1. The van der Waals surface area contributed by atoms with Crippen LogP contribution in [-0.2, 0) is 4.74 Å². The summed E-state index contributed by atoms with van der Waals surface area (Å²) in [4.78, 5) is 17.8. The van der Waals surface area contributed by atoms with Crippen LogP contribution in [0, 0.1) is 0 Å². The van der Waals surface area contributed by atoms with Gasteiger partial charge in [0.1, 0.15) is 0 Å². The van der Waals surface area contributed by atoms with Gasteiger partial charge in [-0.2, -0.15) is 0 Å². The predicted octanol–water partition coefficient (Wildman–Crippen LogP) is 2.11. The van der Waals surface area contributed by atoms with Gasteiger partial charge in [0.25, 0.3) is 5.91 Å². The summed E-state index contributed by atoms with van der Waals surface area (Å²) in [6, 6.07) is 3.58. The normalized spacial score (nSPS) is 19.5. The van der Waals surface area contributed by atoms with Crippen LogP contribution in [0.25, 0.3) is 0 Å². The Labute approximate surface area is 108 Å². The zero-order chi connectivity index (χ0) is 12.8. The number of hydrogen-bond acceptors (Lipinski definition) is 3. The third-order valence-electron chi connectivity index (χ3n) is 3.32. The van der Waals surface area contributed by atoms with E-state index in [4.69, 9.17) is 4.74 Å². The molecule has 18 heavy (non-hydrogen) atoms. The van der Waals surface area contributed by atoms with Crippen LogP contribution in [-0.4, -0.2) is 42.1 Å². The van der Waals surface area contributed by atoms with Gasteiger partial charge in [-0.3, -0.25) is 9.78 Å². The number of nitrogens with zero attached hydrogens (tertiary/aromatic N) is 2. The molecule has 0 aliphatic carbocycles. The van der Waals surface area contributed by atoms with E-state index in [1.54, 1.807) is 29.4 Å². The average Bonchev–Trinajstić information content (AvgIpc) is 2.46. The monoisotopic (exact) mass is 248 g/mol. The van der Waals surface area contributed by atoms with Crippen LogP contribution < -0.4 is 0 Å². The summed E-state index contributed by atoms with van der Waals surface area (Å²) >= 11 is 0. The zero-order valence-corrected chi connectivity index (χ0v) is 10.8. The third-order valence-corrected chi connectivity index (χ3v) is 3.32. The van der Waals surface area contributed by atoms with Gasteiger partial charge in [0.05, 0.1) is 11.7 Å². The predicted molar refractivity (Wildman–Crippen MR) is 69.4 cm³/mol. The van der Waals surface area contributed by atoms with Crippen molar-refractivity contribution in [3.63, 3.8) is 0 Å². The van der Waals surface area contributed by atoms with E-state index in [0.29, 0.717) is 11.7 Å². The van der Waals surface area contributed by atoms with Crippen molar-refractivity contribution in [3.8, 4) is 0 Å². The minimum Gasteiger partial charge on any atom is -0.378 e. The van der Waals surface area contributed by atoms with Gasteiger partial charge in [0, 0.05) is 32.6 Å². The van der Waals surface area contributed by atoms with Crippen LogP contribution in [0.3, 0.4) is 0 Å². The highest BCUT2D eigenvalue weighted by Crippen LogP contribution is 2.16. The first-order valence-corrected chi connectivity index (χ1v) is 6.54. The van der Waals surface area contributed by atoms with E-state index >= 15 is 0 Å². The standard InChI is InChI=1S/C14H20N2O2/c1-16(9-7-13-6-2-3-10-18-13)14(17)12-5-4-8-15-11-12/h4-5,8,11,13H,2-3,6-7,9-10H2,1H3/t13-/m1/s1. The molecule has 98 valence electrons. The van der Waals surface area contributed by atoms with E-state index in [1.807, 2.05) is 7.05 Å². The first-order chi connectivity index (χ1) is 8.77. The molecule has 1 saturated heterocycles. The summed E-state index contributed by atoms with van der Waals surface area (Å²) in [5.74, 6) is 0.0268. The number of carbonyl (C=O) groups is 1. The minimum atomic E-state index is 0.0268. The van der Waals surface area contributed by atoms with Crippen LogP contribution in [0.4, 0.5) is 0 Å². The number of pyridine rings is 1. The molecule has 1 fully saturated rings. The molecule has 0 unspecified atom stereocenters. The summed E-state index contributed by atoms with van der Waals surface area (Å²) in [6.45, 7) is 1.60. The van der Waals surface area contributed by atoms with Crippen molar-refractivity contribution in [1.29, 1.82) is 0 Å². The Morgan fingerprint density at radius 1 is 1.56 bits per heavy atom. The van der Waals surface area contributed by atoms with Gasteiger partial charge in [-0.05, 0) is 37.8 Å². The molecule has 1 aliphatic heterocycles. The Balaban J connectivity index is 1.80. The second-order valence-electron chi connectivity index (χ2n) is 4.75. The number of hydrogen-bond donors (Lipinski definition) is 0. The van der Waals surface area contributed by atoms with E-state index in [2.05, 4.69) is 4.98 Å². The maximum Gasteiger partial charge on any atom is 0.255 e. The Morgan fingerprint density at radius 2 is 2.44 bits per heavy atom. The molecule has 1 atom stereocenters. The fourth-order valence-electron chi connectivity index (χ4n) is 2.18. The molecule has 1 aromatic heterocycles. The lowest BCUT2D eigenvalue weighted by Gasteiger charge is -2.25. The van der Waals surface area contributed by atoms with Crippen molar-refractivity contribution >= 4 is 5.91 Å². The van der Waals surface area contributed by atoms with Crippen molar-refractivity contribution in [2.24, 2.45) is 0 Å². The molecule has 0 radical (unpaired) electrons. The van der Waals surface area contributed by atoms with E-state index in [9.17, 15) is 4.79 Å².